The van der Waals surface area contributed by atoms with Gasteiger partial charge in [0.05, 0.1) is 18.1 Å². The maximum atomic E-state index is 12.7. The SMILES string of the molecule is CCOC(=O)c1c(-c2cccc([N+](=O)[O-])c2)csc1NC(=O)CCCOc1ccc(C(C)C)c(C)c1. The van der Waals surface area contributed by atoms with Crippen molar-refractivity contribution in [3.63, 3.8) is 0 Å². The predicted octanol–water partition coefficient (Wildman–Crippen LogP) is 6.73. The quantitative estimate of drug-likeness (QED) is 0.133. The van der Waals surface area contributed by atoms with Crippen LogP contribution < -0.4 is 10.1 Å². The number of hydrogen-bond donors (Lipinski definition) is 1. The Labute approximate surface area is 214 Å². The van der Waals surface area contributed by atoms with Gasteiger partial charge in [-0.1, -0.05) is 32.0 Å². The van der Waals surface area contributed by atoms with Gasteiger partial charge in [0, 0.05) is 29.5 Å². The average molecular weight is 511 g/mol. The summed E-state index contributed by atoms with van der Waals surface area (Å²) < 4.78 is 11.0. The number of aryl methyl sites for hydroxylation is 1. The molecule has 0 fully saturated rings. The topological polar surface area (TPSA) is 108 Å². The van der Waals surface area contributed by atoms with Crippen LogP contribution in [0.25, 0.3) is 11.1 Å². The van der Waals surface area contributed by atoms with E-state index >= 15 is 0 Å². The molecule has 0 bridgehead atoms. The second-order valence-electron chi connectivity index (χ2n) is 8.55. The molecule has 1 heterocycles. The van der Waals surface area contributed by atoms with Gasteiger partial charge in [-0.15, -0.1) is 11.3 Å². The summed E-state index contributed by atoms with van der Waals surface area (Å²) in [6.07, 6.45) is 0.698. The summed E-state index contributed by atoms with van der Waals surface area (Å²) in [6.45, 7) is 8.57. The Morgan fingerprint density at radius 2 is 1.94 bits per heavy atom. The molecular formula is C27H30N2O6S. The Morgan fingerprint density at radius 1 is 1.17 bits per heavy atom. The van der Waals surface area contributed by atoms with Crippen molar-refractivity contribution in [3.8, 4) is 16.9 Å². The van der Waals surface area contributed by atoms with Crippen molar-refractivity contribution in [2.45, 2.75) is 46.5 Å². The minimum absolute atomic E-state index is 0.0897. The van der Waals surface area contributed by atoms with Gasteiger partial charge >= 0.3 is 5.97 Å². The van der Waals surface area contributed by atoms with Crippen LogP contribution in [0.5, 0.6) is 5.75 Å². The van der Waals surface area contributed by atoms with E-state index in [9.17, 15) is 19.7 Å². The van der Waals surface area contributed by atoms with E-state index in [0.717, 1.165) is 5.75 Å². The highest BCUT2D eigenvalue weighted by Crippen LogP contribution is 2.37. The van der Waals surface area contributed by atoms with E-state index in [2.05, 4.69) is 32.2 Å². The molecule has 0 aliphatic rings. The molecule has 3 rings (SSSR count). The number of esters is 1. The molecule has 0 unspecified atom stereocenters. The van der Waals surface area contributed by atoms with E-state index in [-0.39, 0.29) is 30.2 Å². The van der Waals surface area contributed by atoms with E-state index in [4.69, 9.17) is 9.47 Å². The number of hydrogen-bond acceptors (Lipinski definition) is 7. The second-order valence-corrected chi connectivity index (χ2v) is 9.43. The van der Waals surface area contributed by atoms with Crippen molar-refractivity contribution in [2.24, 2.45) is 0 Å². The van der Waals surface area contributed by atoms with Crippen molar-refractivity contribution < 1.29 is 24.0 Å². The number of nitro groups is 1. The lowest BCUT2D eigenvalue weighted by atomic mass is 9.98. The maximum absolute atomic E-state index is 12.7. The van der Waals surface area contributed by atoms with Crippen LogP contribution in [0.4, 0.5) is 10.7 Å². The lowest BCUT2D eigenvalue weighted by molar-refractivity contribution is -0.384. The Balaban J connectivity index is 1.66. The molecule has 0 saturated carbocycles. The first-order chi connectivity index (χ1) is 17.2. The lowest BCUT2D eigenvalue weighted by Crippen LogP contribution is -2.15. The molecule has 1 N–H and O–H groups in total. The third kappa shape index (κ3) is 6.69. The van der Waals surface area contributed by atoms with E-state index in [0.29, 0.717) is 35.1 Å². The van der Waals surface area contributed by atoms with Crippen LogP contribution in [-0.2, 0) is 9.53 Å². The van der Waals surface area contributed by atoms with Crippen LogP contribution in [0.3, 0.4) is 0 Å². The Bertz CT molecular complexity index is 1250. The molecule has 0 spiro atoms. The van der Waals surface area contributed by atoms with Crippen molar-refractivity contribution in [3.05, 3.63) is 74.6 Å². The van der Waals surface area contributed by atoms with E-state index in [1.54, 1.807) is 24.4 Å². The molecule has 9 heteroatoms. The van der Waals surface area contributed by atoms with Crippen LogP contribution in [0.1, 0.15) is 61.0 Å². The first-order valence-electron chi connectivity index (χ1n) is 11.8. The van der Waals surface area contributed by atoms with Gasteiger partial charge in [0.1, 0.15) is 16.3 Å². The van der Waals surface area contributed by atoms with E-state index < -0.39 is 10.9 Å². The van der Waals surface area contributed by atoms with Crippen molar-refractivity contribution in [1.29, 1.82) is 0 Å². The Kier molecular flexibility index (Phi) is 9.19. The summed E-state index contributed by atoms with van der Waals surface area (Å²) in [6, 6.07) is 12.0. The largest absolute Gasteiger partial charge is 0.494 e. The number of ether oxygens (including phenoxy) is 2. The molecule has 0 saturated heterocycles. The molecule has 190 valence electrons. The molecule has 1 aromatic heterocycles. The fourth-order valence-corrected chi connectivity index (χ4v) is 4.83. The van der Waals surface area contributed by atoms with Gasteiger partial charge in [0.2, 0.25) is 5.91 Å². The lowest BCUT2D eigenvalue weighted by Gasteiger charge is -2.12. The van der Waals surface area contributed by atoms with Crippen LogP contribution in [0.15, 0.2) is 47.8 Å². The van der Waals surface area contributed by atoms with Crippen LogP contribution in [-0.4, -0.2) is 30.0 Å². The second kappa shape index (κ2) is 12.3. The van der Waals surface area contributed by atoms with Gasteiger partial charge in [-0.3, -0.25) is 14.9 Å². The third-order valence-corrected chi connectivity index (χ3v) is 6.47. The summed E-state index contributed by atoms with van der Waals surface area (Å²) in [5, 5.41) is 16.0. The number of anilines is 1. The smallest absolute Gasteiger partial charge is 0.341 e. The monoisotopic (exact) mass is 510 g/mol. The number of thiophene rings is 1. The van der Waals surface area contributed by atoms with Crippen LogP contribution in [0, 0.1) is 17.0 Å². The molecule has 2 aromatic carbocycles. The van der Waals surface area contributed by atoms with Crippen LogP contribution >= 0.6 is 11.3 Å². The molecule has 36 heavy (non-hydrogen) atoms. The summed E-state index contributed by atoms with van der Waals surface area (Å²) in [5.74, 6) is 0.348. The first kappa shape index (κ1) is 26.9. The predicted molar refractivity (Wildman–Crippen MR) is 141 cm³/mol. The fourth-order valence-electron chi connectivity index (χ4n) is 3.85. The third-order valence-electron chi connectivity index (χ3n) is 5.57. The minimum Gasteiger partial charge on any atom is -0.494 e. The zero-order valence-corrected chi connectivity index (χ0v) is 21.6. The molecule has 0 atom stereocenters. The molecule has 3 aromatic rings. The number of benzene rings is 2. The van der Waals surface area contributed by atoms with Gasteiger partial charge < -0.3 is 14.8 Å². The summed E-state index contributed by atoms with van der Waals surface area (Å²) >= 11 is 1.18. The van der Waals surface area contributed by atoms with Gasteiger partial charge in [-0.2, -0.15) is 0 Å². The minimum atomic E-state index is -0.598. The summed E-state index contributed by atoms with van der Waals surface area (Å²) in [4.78, 5) is 36.0. The number of nitro benzene ring substituents is 1. The van der Waals surface area contributed by atoms with Gasteiger partial charge in [-0.25, -0.2) is 4.79 Å². The normalized spacial score (nSPS) is 10.8. The highest BCUT2D eigenvalue weighted by molar-refractivity contribution is 7.15. The van der Waals surface area contributed by atoms with Gasteiger partial charge in [-0.05, 0) is 55.0 Å². The van der Waals surface area contributed by atoms with Gasteiger partial charge in [0.25, 0.3) is 5.69 Å². The zero-order valence-electron chi connectivity index (χ0n) is 20.8. The molecule has 1 amide bonds. The zero-order chi connectivity index (χ0) is 26.2. The van der Waals surface area contributed by atoms with Crippen molar-refractivity contribution in [1.82, 2.24) is 0 Å². The summed E-state index contributed by atoms with van der Waals surface area (Å²) in [5.41, 5.74) is 3.52. The highest BCUT2D eigenvalue weighted by atomic mass is 32.1. The highest BCUT2D eigenvalue weighted by Gasteiger charge is 2.23. The number of carbonyl (C=O) groups excluding carboxylic acids is 2. The van der Waals surface area contributed by atoms with Crippen LogP contribution in [0.2, 0.25) is 0 Å². The van der Waals surface area contributed by atoms with Gasteiger partial charge in [0.15, 0.2) is 0 Å². The van der Waals surface area contributed by atoms with Crippen molar-refractivity contribution >= 4 is 33.9 Å². The summed E-state index contributed by atoms with van der Waals surface area (Å²) in [7, 11) is 0. The van der Waals surface area contributed by atoms with Crippen molar-refractivity contribution in [2.75, 3.05) is 18.5 Å². The number of amides is 1. The Morgan fingerprint density at radius 3 is 2.61 bits per heavy atom. The number of nitrogens with zero attached hydrogens (tertiary/aromatic N) is 1. The number of nitrogens with one attached hydrogen (secondary N) is 1. The first-order valence-corrected chi connectivity index (χ1v) is 12.7. The molecule has 0 radical (unpaired) electrons. The fraction of sp³-hybridized carbons (Fsp3) is 0.333. The number of carbonyl (C=O) groups is 2. The molecule has 8 nitrogen and oxygen atoms in total. The Hall–Kier alpha value is -3.72. The molecule has 0 aliphatic heterocycles. The van der Waals surface area contributed by atoms with E-state index in [1.165, 1.54) is 34.6 Å². The average Bonchev–Trinajstić information content (AvgIpc) is 3.25. The maximum Gasteiger partial charge on any atom is 0.341 e. The molecular weight excluding hydrogens is 480 g/mol. The molecule has 0 aliphatic carbocycles. The standard InChI is InChI=1S/C27H30N2O6S/c1-5-34-27(31)25-23(19-8-6-9-20(15-19)29(32)33)16-36-26(25)28-24(30)10-7-13-35-21-11-12-22(17(2)3)18(4)14-21/h6,8-9,11-12,14-17H,5,7,10,13H2,1-4H3,(H,28,30). The number of rotatable bonds is 11. The van der Waals surface area contributed by atoms with E-state index in [1.807, 2.05) is 12.1 Å². The number of non-ortho nitro benzene ring substituents is 1.